The molecule has 2 heteroatoms. The van der Waals surface area contributed by atoms with Crippen molar-refractivity contribution in [1.82, 2.24) is 5.32 Å². The van der Waals surface area contributed by atoms with Gasteiger partial charge in [0, 0.05) is 0 Å². The van der Waals surface area contributed by atoms with E-state index in [1.54, 1.807) is 0 Å². The van der Waals surface area contributed by atoms with Crippen molar-refractivity contribution in [3.63, 3.8) is 0 Å². The van der Waals surface area contributed by atoms with Crippen LogP contribution >= 0.6 is 0 Å². The summed E-state index contributed by atoms with van der Waals surface area (Å²) in [5, 5.41) is 3.36. The van der Waals surface area contributed by atoms with Crippen molar-refractivity contribution in [3.05, 3.63) is 12.7 Å². The van der Waals surface area contributed by atoms with Gasteiger partial charge in [0.15, 0.2) is 0 Å². The van der Waals surface area contributed by atoms with Crippen LogP contribution in [0.25, 0.3) is 0 Å². The monoisotopic (exact) mass is 170 g/mol. The summed E-state index contributed by atoms with van der Waals surface area (Å²) in [6, 6.07) is 0. The second-order valence-corrected chi connectivity index (χ2v) is 3.03. The average Bonchev–Trinajstić information content (AvgIpc) is 2.10. The van der Waals surface area contributed by atoms with Crippen molar-refractivity contribution in [3.8, 4) is 0 Å². The van der Waals surface area contributed by atoms with Gasteiger partial charge in [0.25, 0.3) is 0 Å². The molecule has 0 unspecified atom stereocenters. The molecule has 3 N–H and O–H groups in total. The van der Waals surface area contributed by atoms with Gasteiger partial charge >= 0.3 is 0 Å². The minimum Gasteiger partial charge on any atom is -0.330 e. The predicted molar refractivity (Wildman–Crippen MR) is 55.2 cm³/mol. The number of hydrogen-bond donors (Lipinski definition) is 2. The van der Waals surface area contributed by atoms with Crippen LogP contribution in [0, 0.1) is 0 Å². The molecule has 0 saturated carbocycles. The van der Waals surface area contributed by atoms with E-state index in [0.29, 0.717) is 0 Å². The molecule has 0 aliphatic heterocycles. The molecule has 0 aromatic rings. The summed E-state index contributed by atoms with van der Waals surface area (Å²) in [7, 11) is 0. The number of nitrogens with one attached hydrogen (secondary N) is 1. The molecule has 0 saturated heterocycles. The Morgan fingerprint density at radius 2 is 1.83 bits per heavy atom. The quantitative estimate of drug-likeness (QED) is 0.408. The highest BCUT2D eigenvalue weighted by atomic mass is 14.8. The Hall–Kier alpha value is -0.340. The van der Waals surface area contributed by atoms with Crippen LogP contribution in [0.5, 0.6) is 0 Å². The highest BCUT2D eigenvalue weighted by Crippen LogP contribution is 1.98. The first-order valence-corrected chi connectivity index (χ1v) is 4.93. The Kier molecular flexibility index (Phi) is 10.4. The Labute approximate surface area is 76.2 Å². The molecule has 12 heavy (non-hydrogen) atoms. The van der Waals surface area contributed by atoms with Gasteiger partial charge in [0.1, 0.15) is 0 Å². The Morgan fingerprint density at radius 1 is 1.08 bits per heavy atom. The summed E-state index contributed by atoms with van der Waals surface area (Å²) in [5.41, 5.74) is 5.36. The van der Waals surface area contributed by atoms with Crippen molar-refractivity contribution in [2.45, 2.75) is 32.1 Å². The molecule has 0 radical (unpaired) electrons. The zero-order chi connectivity index (χ0) is 9.07. The minimum atomic E-state index is 0.795. The lowest BCUT2D eigenvalue weighted by Crippen LogP contribution is -2.19. The fourth-order valence-corrected chi connectivity index (χ4v) is 1.07. The largest absolute Gasteiger partial charge is 0.330 e. The molecule has 72 valence electrons. The molecule has 0 spiro atoms. The second kappa shape index (κ2) is 10.7. The summed E-state index contributed by atoms with van der Waals surface area (Å²) in [6.45, 7) is 6.69. The highest BCUT2D eigenvalue weighted by molar-refractivity contribution is 4.65. The number of rotatable bonds is 9. The van der Waals surface area contributed by atoms with Crippen LogP contribution in [0.15, 0.2) is 12.7 Å². The molecule has 0 aromatic carbocycles. The van der Waals surface area contributed by atoms with Crippen LogP contribution in [0.4, 0.5) is 0 Å². The van der Waals surface area contributed by atoms with Gasteiger partial charge in [-0.15, -0.1) is 6.58 Å². The van der Waals surface area contributed by atoms with Gasteiger partial charge in [0.2, 0.25) is 0 Å². The van der Waals surface area contributed by atoms with E-state index in [1.165, 1.54) is 19.3 Å². The van der Waals surface area contributed by atoms with E-state index in [0.717, 1.165) is 32.5 Å². The van der Waals surface area contributed by atoms with Gasteiger partial charge in [-0.05, 0) is 45.3 Å². The average molecular weight is 170 g/mol. The molecule has 0 rings (SSSR count). The third-order valence-corrected chi connectivity index (χ3v) is 1.82. The normalized spacial score (nSPS) is 10.1. The molecule has 0 aliphatic carbocycles. The summed E-state index contributed by atoms with van der Waals surface area (Å²) in [6.07, 6.45) is 8.10. The van der Waals surface area contributed by atoms with Crippen LogP contribution in [-0.4, -0.2) is 19.6 Å². The second-order valence-electron chi connectivity index (χ2n) is 3.03. The maximum atomic E-state index is 5.36. The van der Waals surface area contributed by atoms with Crippen LogP contribution in [0.2, 0.25) is 0 Å². The molecule has 2 nitrogen and oxygen atoms in total. The van der Waals surface area contributed by atoms with Gasteiger partial charge in [-0.1, -0.05) is 12.5 Å². The molecule has 0 amide bonds. The predicted octanol–water partition coefficient (Wildman–Crippen LogP) is 1.67. The summed E-state index contributed by atoms with van der Waals surface area (Å²) >= 11 is 0. The van der Waals surface area contributed by atoms with Gasteiger partial charge in [-0.25, -0.2) is 0 Å². The number of hydrogen-bond acceptors (Lipinski definition) is 2. The summed E-state index contributed by atoms with van der Waals surface area (Å²) in [4.78, 5) is 0. The Balaban J connectivity index is 2.77. The topological polar surface area (TPSA) is 38.0 Å². The first-order chi connectivity index (χ1) is 5.91. The molecular formula is C10H22N2. The van der Waals surface area contributed by atoms with Crippen LogP contribution in [0.3, 0.4) is 0 Å². The summed E-state index contributed by atoms with van der Waals surface area (Å²) < 4.78 is 0. The lowest BCUT2D eigenvalue weighted by molar-refractivity contribution is 0.594. The Morgan fingerprint density at radius 3 is 2.50 bits per heavy atom. The molecular weight excluding hydrogens is 148 g/mol. The third-order valence-electron chi connectivity index (χ3n) is 1.82. The first-order valence-electron chi connectivity index (χ1n) is 4.93. The number of nitrogens with two attached hydrogens (primary N) is 1. The molecule has 0 aliphatic rings. The molecule has 0 heterocycles. The fraction of sp³-hybridized carbons (Fsp3) is 0.800. The van der Waals surface area contributed by atoms with Crippen LogP contribution in [0.1, 0.15) is 32.1 Å². The maximum Gasteiger partial charge on any atom is -0.00369 e. The van der Waals surface area contributed by atoms with Crippen LogP contribution < -0.4 is 11.1 Å². The summed E-state index contributed by atoms with van der Waals surface area (Å²) in [5.74, 6) is 0. The number of unbranched alkanes of at least 4 members (excludes halogenated alkanes) is 3. The molecule has 0 aromatic heterocycles. The molecule has 0 fully saturated rings. The third kappa shape index (κ3) is 9.66. The minimum absolute atomic E-state index is 0.795. The van der Waals surface area contributed by atoms with E-state index in [1.807, 2.05) is 6.08 Å². The molecule has 0 atom stereocenters. The lowest BCUT2D eigenvalue weighted by atomic mass is 10.2. The smallest absolute Gasteiger partial charge is 0.00369 e. The maximum absolute atomic E-state index is 5.36. The van der Waals surface area contributed by atoms with E-state index < -0.39 is 0 Å². The van der Waals surface area contributed by atoms with Crippen molar-refractivity contribution in [2.24, 2.45) is 5.73 Å². The SMILES string of the molecule is C=CCCCCCNCCCN. The zero-order valence-electron chi connectivity index (χ0n) is 8.02. The van der Waals surface area contributed by atoms with Crippen molar-refractivity contribution in [2.75, 3.05) is 19.6 Å². The van der Waals surface area contributed by atoms with Crippen molar-refractivity contribution in [1.29, 1.82) is 0 Å². The fourth-order valence-electron chi connectivity index (χ4n) is 1.07. The van der Waals surface area contributed by atoms with Gasteiger partial charge in [0.05, 0.1) is 0 Å². The van der Waals surface area contributed by atoms with E-state index in [9.17, 15) is 0 Å². The van der Waals surface area contributed by atoms with E-state index in [2.05, 4.69) is 11.9 Å². The van der Waals surface area contributed by atoms with Gasteiger partial charge < -0.3 is 11.1 Å². The van der Waals surface area contributed by atoms with Gasteiger partial charge in [-0.3, -0.25) is 0 Å². The lowest BCUT2D eigenvalue weighted by Gasteiger charge is -2.02. The Bertz CT molecular complexity index is 91.8. The molecule has 0 bridgehead atoms. The highest BCUT2D eigenvalue weighted by Gasteiger charge is 1.87. The first kappa shape index (κ1) is 11.7. The van der Waals surface area contributed by atoms with Crippen molar-refractivity contribution < 1.29 is 0 Å². The van der Waals surface area contributed by atoms with E-state index >= 15 is 0 Å². The zero-order valence-corrected chi connectivity index (χ0v) is 8.02. The van der Waals surface area contributed by atoms with E-state index in [-0.39, 0.29) is 0 Å². The number of allylic oxidation sites excluding steroid dienone is 1. The standard InChI is InChI=1S/C10H22N2/c1-2-3-4-5-6-9-12-10-7-8-11/h2,12H,1,3-11H2. The van der Waals surface area contributed by atoms with Crippen molar-refractivity contribution >= 4 is 0 Å². The van der Waals surface area contributed by atoms with E-state index in [4.69, 9.17) is 5.73 Å². The van der Waals surface area contributed by atoms with Gasteiger partial charge in [-0.2, -0.15) is 0 Å². The van der Waals surface area contributed by atoms with Crippen LogP contribution in [-0.2, 0) is 0 Å².